The van der Waals surface area contributed by atoms with Crippen LogP contribution in [-0.2, 0) is 14.9 Å². The molecule has 0 aliphatic carbocycles. The van der Waals surface area contributed by atoms with E-state index in [-0.39, 0.29) is 12.3 Å². The Kier molecular flexibility index (Phi) is 37.7. The van der Waals surface area contributed by atoms with E-state index in [1.165, 1.54) is 141 Å². The Morgan fingerprint density at radius 2 is 0.885 bits per heavy atom. The molecule has 52 heavy (non-hydrogen) atoms. The molecule has 0 rings (SSSR count). The Labute approximate surface area is 322 Å². The van der Waals surface area contributed by atoms with Gasteiger partial charge in [-0.25, -0.2) is 0 Å². The van der Waals surface area contributed by atoms with Crippen molar-refractivity contribution in [1.29, 1.82) is 0 Å². The van der Waals surface area contributed by atoms with E-state index in [1.54, 1.807) is 0 Å². The summed E-state index contributed by atoms with van der Waals surface area (Å²) in [4.78, 5) is 12.5. The molecule has 6 nitrogen and oxygen atoms in total. The van der Waals surface area contributed by atoms with Crippen LogP contribution in [0.3, 0.4) is 0 Å². The molecule has 0 aromatic heterocycles. The fourth-order valence-corrected chi connectivity index (χ4v) is 7.17. The zero-order valence-corrected chi connectivity index (χ0v) is 34.7. The second kappa shape index (κ2) is 39.0. The van der Waals surface area contributed by atoms with Gasteiger partial charge in [0, 0.05) is 6.42 Å². The van der Waals surface area contributed by atoms with Gasteiger partial charge in [0.15, 0.2) is 0 Å². The summed E-state index contributed by atoms with van der Waals surface area (Å²) < 4.78 is 32.5. The van der Waals surface area contributed by atoms with Crippen LogP contribution in [0, 0.1) is 0 Å². The van der Waals surface area contributed by atoms with Crippen molar-refractivity contribution in [2.45, 2.75) is 225 Å². The summed E-state index contributed by atoms with van der Waals surface area (Å²) in [5, 5.41) is 13.2. The highest BCUT2D eigenvalue weighted by atomic mass is 32.2. The molecule has 0 aliphatic rings. The van der Waals surface area contributed by atoms with E-state index in [2.05, 4.69) is 55.6 Å². The number of amides is 1. The Hall–Kier alpha value is -1.70. The van der Waals surface area contributed by atoms with Gasteiger partial charge in [-0.3, -0.25) is 9.35 Å². The third-order valence-electron chi connectivity index (χ3n) is 9.73. The topological polar surface area (TPSA) is 104 Å². The van der Waals surface area contributed by atoms with Gasteiger partial charge in [-0.15, -0.1) is 0 Å². The van der Waals surface area contributed by atoms with Gasteiger partial charge < -0.3 is 10.4 Å². The summed E-state index contributed by atoms with van der Waals surface area (Å²) in [7, 11) is -4.36. The number of nitrogens with one attached hydrogen (secondary N) is 1. The molecule has 0 heterocycles. The van der Waals surface area contributed by atoms with E-state index < -0.39 is 28.0 Å². The number of hydrogen-bond acceptors (Lipinski definition) is 4. The van der Waals surface area contributed by atoms with Gasteiger partial charge in [0.25, 0.3) is 10.1 Å². The summed E-state index contributed by atoms with van der Waals surface area (Å²) in [6.07, 6.45) is 52.4. The standard InChI is InChI=1S/C45H83NO5S/c1-3-5-7-9-11-13-15-17-19-21-23-24-26-28-30-32-34-36-38-40-44(47)43(42-52(49,50)51)46-45(48)41-39-37-35-33-31-29-27-25-22-20-18-16-14-12-10-8-6-4-2/h14,16,20,22,30,32,38,40,43-44,47H,3-13,15,17-19,21,23-29,31,33-37,39,41-42H2,1-2H3,(H,46,48)(H,49,50,51)/b16-14-,22-20-,32-30+,40-38+. The summed E-state index contributed by atoms with van der Waals surface area (Å²) in [6, 6.07) is -1.08. The largest absolute Gasteiger partial charge is 0.387 e. The first-order valence-corrected chi connectivity index (χ1v) is 23.4. The van der Waals surface area contributed by atoms with Gasteiger partial charge in [-0.2, -0.15) is 8.42 Å². The molecule has 304 valence electrons. The minimum Gasteiger partial charge on any atom is -0.387 e. The smallest absolute Gasteiger partial charge is 0.267 e. The quantitative estimate of drug-likeness (QED) is 0.0330. The van der Waals surface area contributed by atoms with Crippen molar-refractivity contribution in [1.82, 2.24) is 5.32 Å². The molecule has 0 aliphatic heterocycles. The minimum absolute atomic E-state index is 0.278. The maximum atomic E-state index is 12.5. The second-order valence-corrected chi connectivity index (χ2v) is 16.5. The number of hydrogen-bond donors (Lipinski definition) is 3. The first-order chi connectivity index (χ1) is 25.3. The molecule has 2 unspecified atom stereocenters. The van der Waals surface area contributed by atoms with Crippen LogP contribution in [0.5, 0.6) is 0 Å². The number of rotatable bonds is 39. The van der Waals surface area contributed by atoms with E-state index in [0.29, 0.717) is 6.42 Å². The van der Waals surface area contributed by atoms with Crippen molar-refractivity contribution in [2.24, 2.45) is 0 Å². The van der Waals surface area contributed by atoms with Crippen LogP contribution in [0.4, 0.5) is 0 Å². The molecule has 1 amide bonds. The van der Waals surface area contributed by atoms with Crippen LogP contribution in [0.2, 0.25) is 0 Å². The number of aliphatic hydroxyl groups excluding tert-OH is 1. The number of unbranched alkanes of at least 4 members (excludes halogenated alkanes) is 25. The molecule has 0 fully saturated rings. The Bertz CT molecular complexity index is 1000. The normalized spacial score (nSPS) is 13.7. The van der Waals surface area contributed by atoms with Crippen LogP contribution in [0.1, 0.15) is 213 Å². The SMILES string of the molecule is CCCCCC/C=C\C/C=C\CCCCCCCCCC(=O)NC(CS(=O)(=O)O)C(O)/C=C/CC/C=C/CCCCCCCCCCCCCCC. The maximum Gasteiger partial charge on any atom is 0.267 e. The van der Waals surface area contributed by atoms with E-state index in [1.807, 2.05) is 6.08 Å². The summed E-state index contributed by atoms with van der Waals surface area (Å²) in [6.45, 7) is 4.51. The van der Waals surface area contributed by atoms with Crippen molar-refractivity contribution in [2.75, 3.05) is 5.75 Å². The molecular formula is C45H83NO5S. The predicted molar refractivity (Wildman–Crippen MR) is 225 cm³/mol. The molecule has 0 saturated carbocycles. The zero-order chi connectivity index (χ0) is 38.2. The average molecular weight is 750 g/mol. The van der Waals surface area contributed by atoms with Crippen molar-refractivity contribution in [3.8, 4) is 0 Å². The molecule has 0 radical (unpaired) electrons. The van der Waals surface area contributed by atoms with Crippen LogP contribution < -0.4 is 5.32 Å². The van der Waals surface area contributed by atoms with E-state index >= 15 is 0 Å². The Balaban J connectivity index is 3.95. The fraction of sp³-hybridized carbons (Fsp3) is 0.800. The molecule has 0 bridgehead atoms. The van der Waals surface area contributed by atoms with Crippen molar-refractivity contribution < 1.29 is 22.9 Å². The molecule has 3 N–H and O–H groups in total. The molecule has 0 saturated heterocycles. The van der Waals surface area contributed by atoms with E-state index in [4.69, 9.17) is 0 Å². The molecule has 2 atom stereocenters. The second-order valence-electron chi connectivity index (χ2n) is 15.0. The lowest BCUT2D eigenvalue weighted by Gasteiger charge is -2.21. The van der Waals surface area contributed by atoms with Crippen molar-refractivity contribution in [3.63, 3.8) is 0 Å². The lowest BCUT2D eigenvalue weighted by atomic mass is 10.0. The third-order valence-corrected chi connectivity index (χ3v) is 10.5. The molecule has 0 aromatic rings. The van der Waals surface area contributed by atoms with E-state index in [0.717, 1.165) is 51.4 Å². The summed E-state index contributed by atoms with van der Waals surface area (Å²) in [5.74, 6) is -1.01. The van der Waals surface area contributed by atoms with Gasteiger partial charge in [-0.05, 0) is 64.2 Å². The average Bonchev–Trinajstić information content (AvgIpc) is 3.11. The predicted octanol–water partition coefficient (Wildman–Crippen LogP) is 13.1. The first kappa shape index (κ1) is 50.3. The van der Waals surface area contributed by atoms with Crippen molar-refractivity contribution >= 4 is 16.0 Å². The third kappa shape index (κ3) is 39.5. The molecule has 7 heteroatoms. The lowest BCUT2D eigenvalue weighted by molar-refractivity contribution is -0.122. The van der Waals surface area contributed by atoms with Crippen LogP contribution in [-0.4, -0.2) is 41.9 Å². The number of carbonyl (C=O) groups is 1. The van der Waals surface area contributed by atoms with Crippen molar-refractivity contribution in [3.05, 3.63) is 48.6 Å². The van der Waals surface area contributed by atoms with Crippen LogP contribution in [0.25, 0.3) is 0 Å². The highest BCUT2D eigenvalue weighted by molar-refractivity contribution is 7.85. The summed E-state index contributed by atoms with van der Waals surface area (Å²) in [5.41, 5.74) is 0. The fourth-order valence-electron chi connectivity index (χ4n) is 6.44. The lowest BCUT2D eigenvalue weighted by Crippen LogP contribution is -2.46. The van der Waals surface area contributed by atoms with Gasteiger partial charge in [0.2, 0.25) is 5.91 Å². The van der Waals surface area contributed by atoms with Crippen LogP contribution >= 0.6 is 0 Å². The van der Waals surface area contributed by atoms with Gasteiger partial charge in [-0.1, -0.05) is 191 Å². The number of carbonyl (C=O) groups excluding carboxylic acids is 1. The maximum absolute atomic E-state index is 12.5. The highest BCUT2D eigenvalue weighted by Gasteiger charge is 2.24. The molecular weight excluding hydrogens is 667 g/mol. The Morgan fingerprint density at radius 3 is 1.35 bits per heavy atom. The monoisotopic (exact) mass is 750 g/mol. The van der Waals surface area contributed by atoms with Crippen LogP contribution in [0.15, 0.2) is 48.6 Å². The zero-order valence-electron chi connectivity index (χ0n) is 33.9. The van der Waals surface area contributed by atoms with Gasteiger partial charge in [0.1, 0.15) is 0 Å². The number of allylic oxidation sites excluding steroid dienone is 7. The minimum atomic E-state index is -4.36. The van der Waals surface area contributed by atoms with E-state index in [9.17, 15) is 22.9 Å². The van der Waals surface area contributed by atoms with Gasteiger partial charge >= 0.3 is 0 Å². The molecule has 0 aromatic carbocycles. The molecule has 0 spiro atoms. The highest BCUT2D eigenvalue weighted by Crippen LogP contribution is 2.14. The van der Waals surface area contributed by atoms with Gasteiger partial charge in [0.05, 0.1) is 17.9 Å². The first-order valence-electron chi connectivity index (χ1n) is 21.8. The summed E-state index contributed by atoms with van der Waals surface area (Å²) >= 11 is 0. The Morgan fingerprint density at radius 1 is 0.519 bits per heavy atom. The number of aliphatic hydroxyl groups is 1.